The zero-order chi connectivity index (χ0) is 20.1. The minimum atomic E-state index is -0.569. The Hall–Kier alpha value is -2.27. The molecule has 5 heteroatoms. The quantitative estimate of drug-likeness (QED) is 0.350. The van der Waals surface area contributed by atoms with Crippen molar-refractivity contribution < 1.29 is 14.6 Å². The highest BCUT2D eigenvalue weighted by atomic mass is 16.5. The van der Waals surface area contributed by atoms with E-state index in [9.17, 15) is 9.90 Å². The van der Waals surface area contributed by atoms with Crippen molar-refractivity contribution in [3.8, 4) is 0 Å². The molecule has 4 rings (SSSR count). The molecular formula is C23H30N2O3. The third-order valence-corrected chi connectivity index (χ3v) is 7.43. The van der Waals surface area contributed by atoms with Gasteiger partial charge in [0, 0.05) is 29.1 Å². The molecule has 28 heavy (non-hydrogen) atoms. The molecule has 2 fully saturated rings. The molecule has 0 saturated carbocycles. The summed E-state index contributed by atoms with van der Waals surface area (Å²) in [7, 11) is 1.37. The number of fused-ring (bicyclic) bond motifs is 5. The van der Waals surface area contributed by atoms with E-state index in [1.165, 1.54) is 18.4 Å². The van der Waals surface area contributed by atoms with E-state index in [0.717, 1.165) is 37.8 Å². The van der Waals surface area contributed by atoms with Crippen LogP contribution in [-0.2, 0) is 9.53 Å². The summed E-state index contributed by atoms with van der Waals surface area (Å²) < 4.78 is 5.00. The van der Waals surface area contributed by atoms with Gasteiger partial charge in [0.25, 0.3) is 0 Å². The lowest BCUT2D eigenvalue weighted by molar-refractivity contribution is -0.138. The summed E-state index contributed by atoms with van der Waals surface area (Å²) in [5.41, 5.74) is 3.40. The van der Waals surface area contributed by atoms with Gasteiger partial charge in [-0.25, -0.2) is 4.79 Å². The van der Waals surface area contributed by atoms with Crippen molar-refractivity contribution >= 4 is 11.7 Å². The maximum absolute atomic E-state index is 12.5. The molecule has 0 aromatic heterocycles. The average Bonchev–Trinajstić information content (AvgIpc) is 3.07. The second kappa shape index (κ2) is 6.66. The number of allylic oxidation sites excluding steroid dienone is 1. The van der Waals surface area contributed by atoms with Gasteiger partial charge in [0.2, 0.25) is 0 Å². The van der Waals surface area contributed by atoms with E-state index >= 15 is 0 Å². The Kier molecular flexibility index (Phi) is 4.53. The number of esters is 1. The standard InChI is InChI=1S/C23H30N2O3/c1-5-15-12-25-11-10-17-16-8-6-7-9-19(16)24-20(17)23(25,3)14-22(15,2)18(13-26)21(27)28-4/h5-9,13,17,20,24,26H,10-12,14H2,1-4H3/t17-,20+,22+,23+/m1/s1. The average molecular weight is 383 g/mol. The zero-order valence-electron chi connectivity index (χ0n) is 17.2. The van der Waals surface area contributed by atoms with Crippen molar-refractivity contribution in [3.63, 3.8) is 0 Å². The van der Waals surface area contributed by atoms with Crippen LogP contribution in [0.25, 0.3) is 0 Å². The van der Waals surface area contributed by atoms with Crippen molar-refractivity contribution in [2.24, 2.45) is 5.41 Å². The number of carbonyl (C=O) groups is 1. The molecule has 0 amide bonds. The summed E-state index contributed by atoms with van der Waals surface area (Å²) in [6, 6.07) is 8.86. The summed E-state index contributed by atoms with van der Waals surface area (Å²) in [5.74, 6) is 0.00460. The van der Waals surface area contributed by atoms with Gasteiger partial charge in [0.15, 0.2) is 0 Å². The van der Waals surface area contributed by atoms with Crippen LogP contribution in [0.15, 0.2) is 47.7 Å². The molecule has 0 radical (unpaired) electrons. The number of aliphatic hydroxyl groups is 1. The predicted octanol–water partition coefficient (Wildman–Crippen LogP) is 4.00. The zero-order valence-corrected chi connectivity index (χ0v) is 17.2. The number of hydrogen-bond donors (Lipinski definition) is 2. The number of anilines is 1. The molecule has 0 unspecified atom stereocenters. The number of rotatable bonds is 2. The lowest BCUT2D eigenvalue weighted by Gasteiger charge is -2.59. The van der Waals surface area contributed by atoms with Gasteiger partial charge in [-0.15, -0.1) is 0 Å². The predicted molar refractivity (Wildman–Crippen MR) is 110 cm³/mol. The highest BCUT2D eigenvalue weighted by Gasteiger charge is 2.58. The molecule has 2 N–H and O–H groups in total. The Balaban J connectivity index is 1.76. The van der Waals surface area contributed by atoms with Crippen LogP contribution >= 0.6 is 0 Å². The summed E-state index contributed by atoms with van der Waals surface area (Å²) in [4.78, 5) is 15.0. The SMILES string of the molecule is CC=C1CN2CC[C@@H]3c4ccccc4N[C@@H]3[C@]2(C)C[C@]1(C)C(=CO)C(=O)OC. The number of methoxy groups -OCH3 is 1. The summed E-state index contributed by atoms with van der Waals surface area (Å²) in [5, 5.41) is 13.7. The van der Waals surface area contributed by atoms with Gasteiger partial charge < -0.3 is 15.2 Å². The van der Waals surface area contributed by atoms with Crippen molar-refractivity contribution in [1.29, 1.82) is 0 Å². The van der Waals surface area contributed by atoms with Gasteiger partial charge in [0.1, 0.15) is 0 Å². The molecule has 1 aromatic rings. The first kappa shape index (κ1) is 19.1. The number of nitrogens with zero attached hydrogens (tertiary/aromatic N) is 1. The van der Waals surface area contributed by atoms with Crippen molar-refractivity contribution in [2.75, 3.05) is 25.5 Å². The third kappa shape index (κ3) is 2.52. The van der Waals surface area contributed by atoms with E-state index < -0.39 is 11.4 Å². The molecule has 3 aliphatic rings. The van der Waals surface area contributed by atoms with E-state index in [2.05, 4.69) is 54.4 Å². The number of para-hydroxylation sites is 1. The molecule has 3 aliphatic heterocycles. The normalized spacial score (nSPS) is 36.3. The summed E-state index contributed by atoms with van der Waals surface area (Å²) >= 11 is 0. The number of benzene rings is 1. The fourth-order valence-electron chi connectivity index (χ4n) is 5.96. The molecule has 5 nitrogen and oxygen atoms in total. The van der Waals surface area contributed by atoms with E-state index in [0.29, 0.717) is 11.5 Å². The molecule has 4 atom stereocenters. The lowest BCUT2D eigenvalue weighted by atomic mass is 9.60. The third-order valence-electron chi connectivity index (χ3n) is 7.43. The van der Waals surface area contributed by atoms with Crippen LogP contribution in [-0.4, -0.2) is 47.8 Å². The first-order valence-electron chi connectivity index (χ1n) is 10.1. The van der Waals surface area contributed by atoms with Crippen LogP contribution in [0.1, 0.15) is 45.1 Å². The van der Waals surface area contributed by atoms with E-state index in [1.807, 2.05) is 6.92 Å². The largest absolute Gasteiger partial charge is 0.515 e. The Labute approximate surface area is 167 Å². The summed E-state index contributed by atoms with van der Waals surface area (Å²) in [6.45, 7) is 8.20. The van der Waals surface area contributed by atoms with Gasteiger partial charge in [-0.05, 0) is 50.4 Å². The maximum Gasteiger partial charge on any atom is 0.337 e. The molecule has 1 aromatic carbocycles. The second-order valence-electron chi connectivity index (χ2n) is 8.74. The van der Waals surface area contributed by atoms with Crippen LogP contribution in [0.5, 0.6) is 0 Å². The Morgan fingerprint density at radius 1 is 1.36 bits per heavy atom. The maximum atomic E-state index is 12.5. The number of aliphatic hydroxyl groups excluding tert-OH is 1. The fourth-order valence-corrected chi connectivity index (χ4v) is 5.96. The molecule has 0 aliphatic carbocycles. The van der Waals surface area contributed by atoms with E-state index in [1.54, 1.807) is 0 Å². The number of piperidine rings is 2. The first-order chi connectivity index (χ1) is 13.4. The van der Waals surface area contributed by atoms with Crippen LogP contribution in [0.2, 0.25) is 0 Å². The minimum absolute atomic E-state index is 0.147. The molecule has 2 saturated heterocycles. The number of nitrogens with one attached hydrogen (secondary N) is 1. The van der Waals surface area contributed by atoms with Crippen LogP contribution < -0.4 is 5.32 Å². The topological polar surface area (TPSA) is 61.8 Å². The van der Waals surface area contributed by atoms with Gasteiger partial charge in [-0.1, -0.05) is 31.2 Å². The number of ether oxygens (including phenoxy) is 1. The van der Waals surface area contributed by atoms with Crippen LogP contribution in [0.4, 0.5) is 5.69 Å². The van der Waals surface area contributed by atoms with Crippen LogP contribution in [0, 0.1) is 5.41 Å². The molecule has 0 bridgehead atoms. The molecule has 3 heterocycles. The Bertz CT molecular complexity index is 861. The van der Waals surface area contributed by atoms with Gasteiger partial charge in [-0.2, -0.15) is 0 Å². The Morgan fingerprint density at radius 2 is 2.11 bits per heavy atom. The fraction of sp³-hybridized carbons (Fsp3) is 0.522. The van der Waals surface area contributed by atoms with E-state index in [4.69, 9.17) is 4.74 Å². The second-order valence-corrected chi connectivity index (χ2v) is 8.74. The monoisotopic (exact) mass is 382 g/mol. The highest BCUT2D eigenvalue weighted by Crippen LogP contribution is 2.56. The van der Waals surface area contributed by atoms with Gasteiger partial charge in [0.05, 0.1) is 25.0 Å². The van der Waals surface area contributed by atoms with Gasteiger partial charge >= 0.3 is 5.97 Å². The molecular weight excluding hydrogens is 352 g/mol. The first-order valence-corrected chi connectivity index (χ1v) is 10.1. The van der Waals surface area contributed by atoms with Crippen molar-refractivity contribution in [3.05, 3.63) is 53.3 Å². The highest BCUT2D eigenvalue weighted by molar-refractivity contribution is 5.90. The minimum Gasteiger partial charge on any atom is -0.515 e. The van der Waals surface area contributed by atoms with E-state index in [-0.39, 0.29) is 11.6 Å². The smallest absolute Gasteiger partial charge is 0.337 e. The Morgan fingerprint density at radius 3 is 2.79 bits per heavy atom. The summed E-state index contributed by atoms with van der Waals surface area (Å²) in [6.07, 6.45) is 4.90. The molecule has 150 valence electrons. The number of carbonyl (C=O) groups excluding carboxylic acids is 1. The number of hydrogen-bond acceptors (Lipinski definition) is 5. The van der Waals surface area contributed by atoms with Crippen molar-refractivity contribution in [2.45, 2.75) is 51.1 Å². The van der Waals surface area contributed by atoms with Gasteiger partial charge in [-0.3, -0.25) is 4.90 Å². The molecule has 0 spiro atoms. The van der Waals surface area contributed by atoms with Crippen molar-refractivity contribution in [1.82, 2.24) is 4.90 Å². The lowest BCUT2D eigenvalue weighted by Crippen LogP contribution is -2.67. The van der Waals surface area contributed by atoms with Crippen LogP contribution in [0.3, 0.4) is 0 Å².